The molecule has 27 heavy (non-hydrogen) atoms. The summed E-state index contributed by atoms with van der Waals surface area (Å²) in [6, 6.07) is 14.1. The molecule has 3 rings (SSSR count). The van der Waals surface area contributed by atoms with Crippen molar-refractivity contribution in [2.75, 3.05) is 0 Å². The molecule has 138 valence electrons. The third-order valence-corrected chi connectivity index (χ3v) is 4.20. The average Bonchev–Trinajstić information content (AvgIpc) is 3.12. The molecule has 0 aliphatic heterocycles. The minimum absolute atomic E-state index is 0.0386. The Morgan fingerprint density at radius 2 is 1.70 bits per heavy atom. The Labute approximate surface area is 164 Å². The van der Waals surface area contributed by atoms with E-state index in [9.17, 15) is 9.59 Å². The van der Waals surface area contributed by atoms with Crippen LogP contribution in [0.1, 0.15) is 5.56 Å². The number of hydrogen-bond acceptors (Lipinski definition) is 5. The van der Waals surface area contributed by atoms with E-state index < -0.39 is 11.8 Å². The van der Waals surface area contributed by atoms with E-state index >= 15 is 0 Å². The van der Waals surface area contributed by atoms with Gasteiger partial charge in [0.2, 0.25) is 11.7 Å². The van der Waals surface area contributed by atoms with Crippen LogP contribution in [0.25, 0.3) is 11.4 Å². The summed E-state index contributed by atoms with van der Waals surface area (Å²) in [5.74, 6) is -0.486. The number of carbonyl (C=O) groups excluding carboxylic acids is 2. The summed E-state index contributed by atoms with van der Waals surface area (Å²) in [6.07, 6.45) is 0.0386. The first-order valence-corrected chi connectivity index (χ1v) is 8.61. The van der Waals surface area contributed by atoms with Gasteiger partial charge in [0, 0.05) is 5.56 Å². The second-order valence-corrected chi connectivity index (χ2v) is 6.35. The first kappa shape index (κ1) is 18.8. The van der Waals surface area contributed by atoms with Gasteiger partial charge in [-0.15, -0.1) is 10.2 Å². The Morgan fingerprint density at radius 3 is 2.44 bits per heavy atom. The predicted octanol–water partition coefficient (Wildman–Crippen LogP) is 2.04. The average molecular weight is 405 g/mol. The molecular weight excluding hydrogens is 391 g/mol. The van der Waals surface area contributed by atoms with E-state index in [-0.39, 0.29) is 13.0 Å². The number of carbonyl (C=O) groups is 2. The number of hydrazine groups is 1. The number of nitrogens with one attached hydrogen (secondary N) is 2. The van der Waals surface area contributed by atoms with Gasteiger partial charge in [-0.2, -0.15) is 4.80 Å². The van der Waals surface area contributed by atoms with Gasteiger partial charge in [0.25, 0.3) is 5.91 Å². The number of rotatable bonds is 5. The van der Waals surface area contributed by atoms with Crippen molar-refractivity contribution in [3.63, 3.8) is 0 Å². The van der Waals surface area contributed by atoms with Crippen LogP contribution in [0.5, 0.6) is 0 Å². The summed E-state index contributed by atoms with van der Waals surface area (Å²) in [5.41, 5.74) is 6.08. The van der Waals surface area contributed by atoms with E-state index in [1.807, 2.05) is 30.3 Å². The molecule has 0 unspecified atom stereocenters. The van der Waals surface area contributed by atoms with Gasteiger partial charge >= 0.3 is 0 Å². The van der Waals surface area contributed by atoms with Crippen molar-refractivity contribution in [3.8, 4) is 11.4 Å². The number of tetrazole rings is 1. The fraction of sp³-hybridized carbons (Fsp3) is 0.118. The molecule has 0 saturated carbocycles. The summed E-state index contributed by atoms with van der Waals surface area (Å²) in [6.45, 7) is -0.188. The highest BCUT2D eigenvalue weighted by molar-refractivity contribution is 6.42. The van der Waals surface area contributed by atoms with Crippen molar-refractivity contribution in [2.45, 2.75) is 13.0 Å². The number of aromatic nitrogens is 4. The highest BCUT2D eigenvalue weighted by atomic mass is 35.5. The lowest BCUT2D eigenvalue weighted by Gasteiger charge is -2.07. The number of amides is 2. The Balaban J connectivity index is 1.49. The maximum Gasteiger partial charge on any atom is 0.262 e. The monoisotopic (exact) mass is 404 g/mol. The topological polar surface area (TPSA) is 102 Å². The fourth-order valence-corrected chi connectivity index (χ4v) is 2.52. The lowest BCUT2D eigenvalue weighted by molar-refractivity contribution is -0.129. The number of benzene rings is 2. The van der Waals surface area contributed by atoms with Crippen LogP contribution < -0.4 is 10.9 Å². The zero-order chi connectivity index (χ0) is 19.2. The molecule has 8 nitrogen and oxygen atoms in total. The molecule has 1 heterocycles. The molecular formula is C17H14Cl2N6O2. The van der Waals surface area contributed by atoms with Crippen molar-refractivity contribution in [2.24, 2.45) is 0 Å². The second kappa shape index (κ2) is 8.61. The van der Waals surface area contributed by atoms with Crippen LogP contribution in [0.4, 0.5) is 0 Å². The summed E-state index contributed by atoms with van der Waals surface area (Å²) < 4.78 is 0. The minimum Gasteiger partial charge on any atom is -0.273 e. The molecule has 0 radical (unpaired) electrons. The van der Waals surface area contributed by atoms with Gasteiger partial charge < -0.3 is 0 Å². The second-order valence-electron chi connectivity index (χ2n) is 5.53. The Bertz CT molecular complexity index is 961. The summed E-state index contributed by atoms with van der Waals surface area (Å²) >= 11 is 11.7. The molecule has 2 N–H and O–H groups in total. The smallest absolute Gasteiger partial charge is 0.262 e. The Kier molecular flexibility index (Phi) is 6.00. The van der Waals surface area contributed by atoms with Gasteiger partial charge in [-0.05, 0) is 22.9 Å². The van der Waals surface area contributed by atoms with Crippen molar-refractivity contribution in [1.29, 1.82) is 0 Å². The van der Waals surface area contributed by atoms with Crippen molar-refractivity contribution < 1.29 is 9.59 Å². The normalized spacial score (nSPS) is 10.4. The lowest BCUT2D eigenvalue weighted by Crippen LogP contribution is -2.44. The molecule has 1 aromatic heterocycles. The van der Waals surface area contributed by atoms with Crippen LogP contribution in [0.3, 0.4) is 0 Å². The molecule has 2 aromatic carbocycles. The maximum absolute atomic E-state index is 11.9. The van der Waals surface area contributed by atoms with Crippen LogP contribution >= 0.6 is 23.2 Å². The van der Waals surface area contributed by atoms with Crippen molar-refractivity contribution in [3.05, 3.63) is 64.1 Å². The van der Waals surface area contributed by atoms with Crippen LogP contribution in [0.15, 0.2) is 48.5 Å². The molecule has 0 saturated heterocycles. The van der Waals surface area contributed by atoms with Crippen molar-refractivity contribution >= 4 is 35.0 Å². The highest BCUT2D eigenvalue weighted by Crippen LogP contribution is 2.22. The van der Waals surface area contributed by atoms with Crippen LogP contribution in [-0.2, 0) is 22.6 Å². The van der Waals surface area contributed by atoms with Gasteiger partial charge in [-0.25, -0.2) is 0 Å². The Hall–Kier alpha value is -2.97. The van der Waals surface area contributed by atoms with E-state index in [4.69, 9.17) is 23.2 Å². The van der Waals surface area contributed by atoms with Crippen LogP contribution in [0, 0.1) is 0 Å². The molecule has 0 fully saturated rings. The number of halogens is 2. The molecule has 0 aliphatic carbocycles. The van der Waals surface area contributed by atoms with Gasteiger partial charge in [0.1, 0.15) is 6.54 Å². The zero-order valence-corrected chi connectivity index (χ0v) is 15.4. The first-order chi connectivity index (χ1) is 13.0. The summed E-state index contributed by atoms with van der Waals surface area (Å²) in [4.78, 5) is 25.0. The predicted molar refractivity (Wildman–Crippen MR) is 99.7 cm³/mol. The molecule has 0 atom stereocenters. The third-order valence-electron chi connectivity index (χ3n) is 3.46. The van der Waals surface area contributed by atoms with Gasteiger partial charge in [0.15, 0.2) is 0 Å². The summed E-state index contributed by atoms with van der Waals surface area (Å²) in [5, 5.41) is 12.6. The minimum atomic E-state index is -0.491. The van der Waals surface area contributed by atoms with Gasteiger partial charge in [0.05, 0.1) is 16.5 Å². The molecule has 2 amide bonds. The Morgan fingerprint density at radius 1 is 0.963 bits per heavy atom. The van der Waals surface area contributed by atoms with E-state index in [2.05, 4.69) is 26.3 Å². The van der Waals surface area contributed by atoms with E-state index in [1.54, 1.807) is 18.2 Å². The molecule has 10 heteroatoms. The van der Waals surface area contributed by atoms with E-state index in [0.717, 1.165) is 10.4 Å². The quantitative estimate of drug-likeness (QED) is 0.633. The van der Waals surface area contributed by atoms with Gasteiger partial charge in [-0.3, -0.25) is 20.4 Å². The highest BCUT2D eigenvalue weighted by Gasteiger charge is 2.11. The largest absolute Gasteiger partial charge is 0.273 e. The van der Waals surface area contributed by atoms with Crippen LogP contribution in [0.2, 0.25) is 10.0 Å². The standard InChI is InChI=1S/C17H14Cl2N6O2/c18-13-7-6-11(8-14(13)19)9-15(26)20-21-16(27)10-25-23-17(22-24-25)12-4-2-1-3-5-12/h1-8H,9-10H2,(H,20,26)(H,21,27). The SMILES string of the molecule is O=C(Cc1ccc(Cl)c(Cl)c1)NNC(=O)Cn1nnc(-c2ccccc2)n1. The lowest BCUT2D eigenvalue weighted by atomic mass is 10.1. The molecule has 0 aliphatic rings. The molecule has 0 bridgehead atoms. The van der Waals surface area contributed by atoms with E-state index in [0.29, 0.717) is 21.4 Å². The zero-order valence-electron chi connectivity index (χ0n) is 13.9. The first-order valence-electron chi connectivity index (χ1n) is 7.86. The molecule has 0 spiro atoms. The number of hydrogen-bond donors (Lipinski definition) is 2. The van der Waals surface area contributed by atoms with Crippen molar-refractivity contribution in [1.82, 2.24) is 31.1 Å². The fourth-order valence-electron chi connectivity index (χ4n) is 2.20. The van der Waals surface area contributed by atoms with E-state index in [1.165, 1.54) is 0 Å². The molecule has 3 aromatic rings. The third kappa shape index (κ3) is 5.25. The maximum atomic E-state index is 11.9. The summed E-state index contributed by atoms with van der Waals surface area (Å²) in [7, 11) is 0. The van der Waals surface area contributed by atoms with Gasteiger partial charge in [-0.1, -0.05) is 59.6 Å². The number of nitrogens with zero attached hydrogens (tertiary/aromatic N) is 4. The van der Waals surface area contributed by atoms with Crippen LogP contribution in [-0.4, -0.2) is 32.0 Å².